The van der Waals surface area contributed by atoms with Crippen molar-refractivity contribution in [2.24, 2.45) is 5.92 Å². The Morgan fingerprint density at radius 3 is 2.47 bits per heavy atom. The molecule has 1 fully saturated rings. The van der Waals surface area contributed by atoms with Crippen molar-refractivity contribution in [1.29, 1.82) is 0 Å². The van der Waals surface area contributed by atoms with Crippen LogP contribution in [0.2, 0.25) is 0 Å². The molecule has 1 aromatic rings. The molecule has 100 valence electrons. The van der Waals surface area contributed by atoms with Gasteiger partial charge in [-0.1, -0.05) is 18.3 Å². The van der Waals surface area contributed by atoms with Gasteiger partial charge in [0.25, 0.3) is 0 Å². The smallest absolute Gasteiger partial charge is 0.497 e. The van der Waals surface area contributed by atoms with E-state index in [1.807, 2.05) is 0 Å². The molecule has 0 bridgehead atoms. The van der Waals surface area contributed by atoms with Gasteiger partial charge in [-0.2, -0.15) is 0 Å². The Kier molecular flexibility index (Phi) is 6.72. The molecule has 2 nitrogen and oxygen atoms in total. The Bertz CT molecular complexity index is 422. The van der Waals surface area contributed by atoms with E-state index in [2.05, 4.69) is 0 Å². The Labute approximate surface area is 153 Å². The molecule has 2 rings (SSSR count). The van der Waals surface area contributed by atoms with Crippen molar-refractivity contribution in [2.75, 3.05) is 13.7 Å². The summed E-state index contributed by atoms with van der Waals surface area (Å²) in [7, 11) is 1.34. The van der Waals surface area contributed by atoms with Crippen molar-refractivity contribution in [1.82, 2.24) is 0 Å². The van der Waals surface area contributed by atoms with Crippen LogP contribution in [0.4, 0.5) is 12.9 Å². The van der Waals surface area contributed by atoms with E-state index in [9.17, 15) is 12.9 Å². The van der Waals surface area contributed by atoms with Crippen LogP contribution in [0.25, 0.3) is 0 Å². The number of halogens is 3. The summed E-state index contributed by atoms with van der Waals surface area (Å²) in [6.07, 6.45) is 3.17. The number of ether oxygens (including phenoxy) is 2. The average molecular weight is 298 g/mol. The molecule has 0 aliphatic heterocycles. The third-order valence-electron chi connectivity index (χ3n) is 3.05. The van der Waals surface area contributed by atoms with Crippen molar-refractivity contribution in [3.8, 4) is 11.5 Å². The van der Waals surface area contributed by atoms with Gasteiger partial charge in [0.15, 0.2) is 0 Å². The average Bonchev–Trinajstić information content (AvgIpc) is 3.12. The van der Waals surface area contributed by atoms with E-state index >= 15 is 0 Å². The molecule has 7 heteroatoms. The maximum atomic E-state index is 12.9. The summed E-state index contributed by atoms with van der Waals surface area (Å²) in [5.74, 6) is 0.741. The quantitative estimate of drug-likeness (QED) is 0.685. The summed E-state index contributed by atoms with van der Waals surface area (Å²) in [5, 5.41) is 0. The SMILES string of the molecule is COc1ccc(OCCC2CC2)c([B-](F)(F)F)c1.[K+]. The van der Waals surface area contributed by atoms with Gasteiger partial charge in [-0.05, 0) is 30.5 Å². The van der Waals surface area contributed by atoms with Crippen LogP contribution in [0.15, 0.2) is 18.2 Å². The summed E-state index contributed by atoms with van der Waals surface area (Å²) in [4.78, 5) is 0. The first-order valence-corrected chi connectivity index (χ1v) is 6.01. The molecule has 1 aliphatic rings. The van der Waals surface area contributed by atoms with Crippen LogP contribution in [-0.2, 0) is 0 Å². The minimum absolute atomic E-state index is 0. The largest absolute Gasteiger partial charge is 1.00 e. The van der Waals surface area contributed by atoms with Gasteiger partial charge in [-0.25, -0.2) is 0 Å². The Balaban J connectivity index is 0.00000180. The second-order valence-electron chi connectivity index (χ2n) is 4.56. The standard InChI is InChI=1S/C12H15BF3O2.K/c1-17-10-4-5-12(11(8-10)13(14,15)16)18-7-6-9-2-3-9;/h4-5,8-9H,2-3,6-7H2,1H3;/q-1;+1. The summed E-state index contributed by atoms with van der Waals surface area (Å²) in [5.41, 5.74) is -0.717. The first kappa shape index (κ1) is 17.4. The molecule has 0 saturated heterocycles. The zero-order chi connectivity index (χ0) is 13.2. The normalized spacial score (nSPS) is 14.7. The number of benzene rings is 1. The first-order chi connectivity index (χ1) is 8.50. The van der Waals surface area contributed by atoms with E-state index in [1.165, 1.54) is 32.1 Å². The topological polar surface area (TPSA) is 18.5 Å². The monoisotopic (exact) mass is 298 g/mol. The van der Waals surface area contributed by atoms with Gasteiger partial charge in [0.2, 0.25) is 0 Å². The van der Waals surface area contributed by atoms with Crippen LogP contribution >= 0.6 is 0 Å². The van der Waals surface area contributed by atoms with Crippen molar-refractivity contribution in [3.63, 3.8) is 0 Å². The van der Waals surface area contributed by atoms with E-state index < -0.39 is 12.4 Å². The van der Waals surface area contributed by atoms with Crippen LogP contribution < -0.4 is 66.3 Å². The Morgan fingerprint density at radius 1 is 1.26 bits per heavy atom. The second-order valence-corrected chi connectivity index (χ2v) is 4.56. The molecule has 0 amide bonds. The molecule has 19 heavy (non-hydrogen) atoms. The van der Waals surface area contributed by atoms with Crippen molar-refractivity contribution < 1.29 is 73.8 Å². The van der Waals surface area contributed by atoms with Crippen molar-refractivity contribution >= 4 is 12.4 Å². The van der Waals surface area contributed by atoms with Crippen LogP contribution in [0.3, 0.4) is 0 Å². The molecular weight excluding hydrogens is 283 g/mol. The maximum absolute atomic E-state index is 12.9. The third kappa shape index (κ3) is 5.30. The zero-order valence-electron chi connectivity index (χ0n) is 11.2. The Hall–Kier alpha value is 0.311. The van der Waals surface area contributed by atoms with Crippen molar-refractivity contribution in [2.45, 2.75) is 19.3 Å². The van der Waals surface area contributed by atoms with Gasteiger partial charge >= 0.3 is 58.4 Å². The van der Waals surface area contributed by atoms with Gasteiger partial charge in [-0.3, -0.25) is 0 Å². The van der Waals surface area contributed by atoms with Gasteiger partial charge in [0.05, 0.1) is 19.5 Å². The fraction of sp³-hybridized carbons (Fsp3) is 0.500. The predicted molar refractivity (Wildman–Crippen MR) is 64.5 cm³/mol. The molecular formula is C12H15BF3KO2. The van der Waals surface area contributed by atoms with E-state index in [1.54, 1.807) is 0 Å². The number of hydrogen-bond acceptors (Lipinski definition) is 2. The number of methoxy groups -OCH3 is 1. The summed E-state index contributed by atoms with van der Waals surface area (Å²) in [6, 6.07) is 3.81. The molecule has 0 aromatic heterocycles. The van der Waals surface area contributed by atoms with Gasteiger partial charge in [0.1, 0.15) is 5.75 Å². The van der Waals surface area contributed by atoms with Crippen LogP contribution in [0.1, 0.15) is 19.3 Å². The van der Waals surface area contributed by atoms with Gasteiger partial charge < -0.3 is 22.4 Å². The van der Waals surface area contributed by atoms with E-state index in [0.717, 1.165) is 12.5 Å². The van der Waals surface area contributed by atoms with E-state index in [-0.39, 0.29) is 62.9 Å². The minimum Gasteiger partial charge on any atom is -0.497 e. The molecule has 1 aliphatic carbocycles. The predicted octanol–water partition coefficient (Wildman–Crippen LogP) is -0.0675. The molecule has 0 unspecified atom stereocenters. The summed E-state index contributed by atoms with van der Waals surface area (Å²) < 4.78 is 48.7. The first-order valence-electron chi connectivity index (χ1n) is 6.01. The molecule has 0 radical (unpaired) electrons. The van der Waals surface area contributed by atoms with Gasteiger partial charge in [-0.15, -0.1) is 0 Å². The maximum Gasteiger partial charge on any atom is 1.00 e. The third-order valence-corrected chi connectivity index (χ3v) is 3.05. The van der Waals surface area contributed by atoms with Crippen LogP contribution in [0, 0.1) is 5.92 Å². The van der Waals surface area contributed by atoms with Crippen LogP contribution in [-0.4, -0.2) is 20.7 Å². The molecule has 1 saturated carbocycles. The fourth-order valence-electron chi connectivity index (χ4n) is 1.78. The zero-order valence-corrected chi connectivity index (χ0v) is 14.3. The minimum atomic E-state index is -5.09. The molecule has 0 atom stereocenters. The van der Waals surface area contributed by atoms with E-state index in [0.29, 0.717) is 12.5 Å². The fourth-order valence-corrected chi connectivity index (χ4v) is 1.78. The van der Waals surface area contributed by atoms with Gasteiger partial charge in [0, 0.05) is 0 Å². The second kappa shape index (κ2) is 7.36. The van der Waals surface area contributed by atoms with Crippen molar-refractivity contribution in [3.05, 3.63) is 18.2 Å². The molecule has 0 N–H and O–H groups in total. The number of rotatable bonds is 6. The summed E-state index contributed by atoms with van der Waals surface area (Å²) >= 11 is 0. The Morgan fingerprint density at radius 2 is 1.95 bits per heavy atom. The summed E-state index contributed by atoms with van der Waals surface area (Å²) in [6.45, 7) is -4.74. The van der Waals surface area contributed by atoms with E-state index in [4.69, 9.17) is 9.47 Å². The van der Waals surface area contributed by atoms with Crippen LogP contribution in [0.5, 0.6) is 11.5 Å². The number of hydrogen-bond donors (Lipinski definition) is 0. The molecule has 0 spiro atoms. The molecule has 1 aromatic carbocycles. The molecule has 0 heterocycles.